The number of H-pyrrole nitrogens is 1. The normalized spacial score (nSPS) is 19.9. The summed E-state index contributed by atoms with van der Waals surface area (Å²) >= 11 is 0. The molecule has 1 saturated heterocycles. The van der Waals surface area contributed by atoms with Crippen molar-refractivity contribution >= 4 is 16.9 Å². The van der Waals surface area contributed by atoms with Gasteiger partial charge in [0.25, 0.3) is 0 Å². The van der Waals surface area contributed by atoms with Gasteiger partial charge in [0, 0.05) is 13.1 Å². The Balaban J connectivity index is 1.60. The molecule has 0 unspecified atom stereocenters. The minimum Gasteiger partial charge on any atom is -0.486 e. The van der Waals surface area contributed by atoms with E-state index in [1.54, 1.807) is 0 Å². The molecule has 0 spiro atoms. The minimum atomic E-state index is -0.223. The average molecular weight is 388 g/mol. The number of fused-ring (bicyclic) bond motifs is 3. The van der Waals surface area contributed by atoms with E-state index >= 15 is 0 Å². The van der Waals surface area contributed by atoms with Gasteiger partial charge in [-0.3, -0.25) is 4.79 Å². The molecule has 0 bridgehead atoms. The zero-order chi connectivity index (χ0) is 19.5. The van der Waals surface area contributed by atoms with Gasteiger partial charge in [0.2, 0.25) is 5.91 Å². The minimum absolute atomic E-state index is 0.0807. The fraction of sp³-hybridized carbons (Fsp3) is 0.600. The van der Waals surface area contributed by atoms with Crippen molar-refractivity contribution in [3.8, 4) is 11.5 Å². The molecule has 1 fully saturated rings. The molecule has 28 heavy (non-hydrogen) atoms. The van der Waals surface area contributed by atoms with Crippen LogP contribution in [0.1, 0.15) is 50.9 Å². The molecule has 2 aliphatic heterocycles. The molecule has 0 radical (unpaired) electrons. The predicted molar refractivity (Wildman–Crippen MR) is 104 cm³/mol. The van der Waals surface area contributed by atoms with Gasteiger partial charge in [-0.05, 0) is 31.4 Å². The Morgan fingerprint density at radius 1 is 1.43 bits per heavy atom. The zero-order valence-corrected chi connectivity index (χ0v) is 16.2. The lowest BCUT2D eigenvalue weighted by Gasteiger charge is -2.27. The van der Waals surface area contributed by atoms with E-state index in [0.29, 0.717) is 31.3 Å². The first kappa shape index (κ1) is 19.0. The van der Waals surface area contributed by atoms with Crippen LogP contribution in [0.25, 0.3) is 11.0 Å². The van der Waals surface area contributed by atoms with Gasteiger partial charge in [0.15, 0.2) is 11.5 Å². The maximum absolute atomic E-state index is 13.2. The summed E-state index contributed by atoms with van der Waals surface area (Å²) in [7, 11) is 0. The number of hydroxylamine groups is 1. The first-order valence-corrected chi connectivity index (χ1v) is 10.2. The topological polar surface area (TPSA) is 99.7 Å². The van der Waals surface area contributed by atoms with E-state index in [-0.39, 0.29) is 24.4 Å². The maximum Gasteiger partial charge on any atom is 0.227 e. The number of nitrogens with one attached hydrogen (secondary N) is 2. The lowest BCUT2D eigenvalue weighted by molar-refractivity contribution is -0.137. The highest BCUT2D eigenvalue weighted by molar-refractivity contribution is 5.85. The van der Waals surface area contributed by atoms with Crippen molar-refractivity contribution in [1.29, 1.82) is 0 Å². The van der Waals surface area contributed by atoms with Crippen LogP contribution < -0.4 is 15.0 Å². The summed E-state index contributed by atoms with van der Waals surface area (Å²) in [6, 6.07) is 3.76. The van der Waals surface area contributed by atoms with Gasteiger partial charge in [0.1, 0.15) is 24.6 Å². The van der Waals surface area contributed by atoms with Crippen molar-refractivity contribution in [1.82, 2.24) is 20.3 Å². The third-order valence-corrected chi connectivity index (χ3v) is 5.62. The van der Waals surface area contributed by atoms with Crippen LogP contribution in [0, 0.1) is 5.92 Å². The van der Waals surface area contributed by atoms with Crippen LogP contribution in [-0.4, -0.2) is 52.3 Å². The van der Waals surface area contributed by atoms with Crippen molar-refractivity contribution in [2.45, 2.75) is 45.1 Å². The molecular weight excluding hydrogens is 360 g/mol. The third kappa shape index (κ3) is 3.54. The van der Waals surface area contributed by atoms with E-state index < -0.39 is 0 Å². The standard InChI is InChI=1S/C20H28N4O4/c1-2-3-5-13(12-21-26)20(25)24-9-4-6-15(24)19-22-14-7-8-16-18(17(14)23-19)28-11-10-27-16/h7-8,13,15,21,26H,2-6,9-12H2,1H3,(H,22,23)/t13-,15+/m1/s1. The second kappa shape index (κ2) is 8.36. The summed E-state index contributed by atoms with van der Waals surface area (Å²) in [5, 5.41) is 9.15. The Bertz CT molecular complexity index is 837. The Labute approximate surface area is 164 Å². The van der Waals surface area contributed by atoms with Gasteiger partial charge in [-0.15, -0.1) is 0 Å². The fourth-order valence-electron chi connectivity index (χ4n) is 4.18. The number of hydrogen-bond acceptors (Lipinski definition) is 6. The molecule has 1 aromatic heterocycles. The number of aromatic amines is 1. The molecule has 1 aromatic carbocycles. The van der Waals surface area contributed by atoms with Crippen LogP contribution >= 0.6 is 0 Å². The van der Waals surface area contributed by atoms with Crippen molar-refractivity contribution in [2.75, 3.05) is 26.3 Å². The number of unbranched alkanes of at least 4 members (excludes halogenated alkanes) is 1. The van der Waals surface area contributed by atoms with Crippen LogP contribution in [0.5, 0.6) is 11.5 Å². The fourth-order valence-corrected chi connectivity index (χ4v) is 4.18. The first-order chi connectivity index (χ1) is 13.7. The van der Waals surface area contributed by atoms with Crippen molar-refractivity contribution in [2.24, 2.45) is 5.92 Å². The molecule has 3 heterocycles. The number of amides is 1. The lowest BCUT2D eigenvalue weighted by atomic mass is 10.00. The van der Waals surface area contributed by atoms with E-state index in [4.69, 9.17) is 19.7 Å². The maximum atomic E-state index is 13.2. The van der Waals surface area contributed by atoms with Crippen LogP contribution in [0.3, 0.4) is 0 Å². The van der Waals surface area contributed by atoms with E-state index in [2.05, 4.69) is 17.4 Å². The molecule has 0 saturated carbocycles. The molecule has 4 rings (SSSR count). The van der Waals surface area contributed by atoms with Gasteiger partial charge >= 0.3 is 0 Å². The Morgan fingerprint density at radius 2 is 2.29 bits per heavy atom. The van der Waals surface area contributed by atoms with Gasteiger partial charge in [-0.2, -0.15) is 0 Å². The smallest absolute Gasteiger partial charge is 0.227 e. The number of aromatic nitrogens is 2. The Morgan fingerprint density at radius 3 is 3.11 bits per heavy atom. The van der Waals surface area contributed by atoms with Gasteiger partial charge in [0.05, 0.1) is 17.5 Å². The van der Waals surface area contributed by atoms with Crippen molar-refractivity contribution < 1.29 is 19.5 Å². The summed E-state index contributed by atoms with van der Waals surface area (Å²) in [5.41, 5.74) is 3.83. The molecular formula is C20H28N4O4. The van der Waals surface area contributed by atoms with Crippen LogP contribution in [0.4, 0.5) is 0 Å². The van der Waals surface area contributed by atoms with E-state index in [9.17, 15) is 4.79 Å². The number of nitrogens with zero attached hydrogens (tertiary/aromatic N) is 2. The second-order valence-electron chi connectivity index (χ2n) is 7.50. The summed E-state index contributed by atoms with van der Waals surface area (Å²) in [5.74, 6) is 2.03. The number of likely N-dealkylation sites (tertiary alicyclic amines) is 1. The molecule has 0 aliphatic carbocycles. The first-order valence-electron chi connectivity index (χ1n) is 10.2. The second-order valence-corrected chi connectivity index (χ2v) is 7.50. The third-order valence-electron chi connectivity index (χ3n) is 5.62. The van der Waals surface area contributed by atoms with E-state index in [0.717, 1.165) is 49.0 Å². The SMILES string of the molecule is CCCC[C@H](CNO)C(=O)N1CCC[C@H]1c1nc2c3c(ccc2[nH]1)OCCO3. The molecule has 2 aliphatic rings. The highest BCUT2D eigenvalue weighted by atomic mass is 16.6. The Hall–Kier alpha value is -2.32. The van der Waals surface area contributed by atoms with E-state index in [1.807, 2.05) is 17.0 Å². The largest absolute Gasteiger partial charge is 0.486 e. The molecule has 8 nitrogen and oxygen atoms in total. The average Bonchev–Trinajstić information content (AvgIpc) is 3.37. The molecule has 2 atom stereocenters. The van der Waals surface area contributed by atoms with Crippen molar-refractivity contribution in [3.05, 3.63) is 18.0 Å². The predicted octanol–water partition coefficient (Wildman–Crippen LogP) is 2.78. The number of hydrogen-bond donors (Lipinski definition) is 3. The summed E-state index contributed by atoms with van der Waals surface area (Å²) in [6.07, 6.45) is 4.57. The van der Waals surface area contributed by atoms with Crippen LogP contribution in [-0.2, 0) is 4.79 Å². The highest BCUT2D eigenvalue weighted by Crippen LogP contribution is 2.39. The van der Waals surface area contributed by atoms with Crippen molar-refractivity contribution in [3.63, 3.8) is 0 Å². The quantitative estimate of drug-likeness (QED) is 0.631. The molecule has 8 heteroatoms. The molecule has 152 valence electrons. The monoisotopic (exact) mass is 388 g/mol. The van der Waals surface area contributed by atoms with Gasteiger partial charge in [-0.25, -0.2) is 10.5 Å². The number of carbonyl (C=O) groups is 1. The van der Waals surface area contributed by atoms with E-state index in [1.165, 1.54) is 0 Å². The zero-order valence-electron chi connectivity index (χ0n) is 16.2. The van der Waals surface area contributed by atoms with Crippen LogP contribution in [0.2, 0.25) is 0 Å². The molecule has 3 N–H and O–H groups in total. The number of carbonyl (C=O) groups excluding carboxylic acids is 1. The number of ether oxygens (including phenoxy) is 2. The van der Waals surface area contributed by atoms with Gasteiger partial charge in [-0.1, -0.05) is 19.8 Å². The summed E-state index contributed by atoms with van der Waals surface area (Å²) < 4.78 is 11.4. The number of benzene rings is 1. The number of rotatable bonds is 7. The van der Waals surface area contributed by atoms with Crippen LogP contribution in [0.15, 0.2) is 12.1 Å². The summed E-state index contributed by atoms with van der Waals surface area (Å²) in [6.45, 7) is 4.15. The lowest BCUT2D eigenvalue weighted by Crippen LogP contribution is -2.39. The summed E-state index contributed by atoms with van der Waals surface area (Å²) in [4.78, 5) is 23.2. The molecule has 2 aromatic rings. The highest BCUT2D eigenvalue weighted by Gasteiger charge is 2.35. The number of imidazole rings is 1. The Kier molecular flexibility index (Phi) is 5.68. The molecule has 1 amide bonds. The van der Waals surface area contributed by atoms with Gasteiger partial charge < -0.3 is 24.6 Å².